The Hall–Kier alpha value is -2.47. The Bertz CT molecular complexity index is 879. The van der Waals surface area contributed by atoms with Crippen LogP contribution in [0, 0.1) is 0 Å². The number of hydrogen-bond donors (Lipinski definition) is 1. The van der Waals surface area contributed by atoms with E-state index in [1.807, 2.05) is 67.0 Å². The molecule has 0 amide bonds. The zero-order valence-electron chi connectivity index (χ0n) is 15.6. The molecule has 1 atom stereocenters. The Morgan fingerprint density at radius 2 is 1.61 bits per heavy atom. The molecule has 5 nitrogen and oxygen atoms in total. The minimum Gasteiger partial charge on any atom is -0.394 e. The van der Waals surface area contributed by atoms with Gasteiger partial charge in [-0.1, -0.05) is 54.1 Å². The third-order valence-electron chi connectivity index (χ3n) is 5.21. The average molecular weight is 395 g/mol. The van der Waals surface area contributed by atoms with Gasteiger partial charge in [0.1, 0.15) is 5.82 Å². The summed E-state index contributed by atoms with van der Waals surface area (Å²) < 4.78 is 0. The lowest BCUT2D eigenvalue weighted by Gasteiger charge is -2.39. The van der Waals surface area contributed by atoms with E-state index in [9.17, 15) is 5.11 Å². The van der Waals surface area contributed by atoms with E-state index in [1.165, 1.54) is 0 Å². The molecule has 0 radical (unpaired) electrons. The molecular weight excluding hydrogens is 372 g/mol. The van der Waals surface area contributed by atoms with Gasteiger partial charge in [0.2, 0.25) is 0 Å². The summed E-state index contributed by atoms with van der Waals surface area (Å²) in [6.07, 6.45) is 3.68. The fraction of sp³-hybridized carbons (Fsp3) is 0.273. The van der Waals surface area contributed by atoms with Crippen LogP contribution in [0.15, 0.2) is 67.0 Å². The van der Waals surface area contributed by atoms with Gasteiger partial charge in [-0.15, -0.1) is 0 Å². The van der Waals surface area contributed by atoms with Gasteiger partial charge in [0.25, 0.3) is 0 Å². The predicted octanol–water partition coefficient (Wildman–Crippen LogP) is 3.65. The molecule has 1 aromatic heterocycles. The Morgan fingerprint density at radius 1 is 0.893 bits per heavy atom. The summed E-state index contributed by atoms with van der Waals surface area (Å²) >= 11 is 5.99. The largest absolute Gasteiger partial charge is 0.394 e. The molecule has 144 valence electrons. The number of aliphatic hydroxyl groups is 1. The normalized spacial score (nSPS) is 16.1. The second-order valence-corrected chi connectivity index (χ2v) is 7.34. The maximum Gasteiger partial charge on any atom is 0.147 e. The van der Waals surface area contributed by atoms with Crippen molar-refractivity contribution in [2.45, 2.75) is 6.04 Å². The second-order valence-electron chi connectivity index (χ2n) is 6.90. The van der Waals surface area contributed by atoms with E-state index in [4.69, 9.17) is 11.6 Å². The molecule has 0 aliphatic carbocycles. The minimum absolute atomic E-state index is 0.00837. The Morgan fingerprint density at radius 3 is 2.21 bits per heavy atom. The van der Waals surface area contributed by atoms with Crippen molar-refractivity contribution >= 4 is 17.4 Å². The van der Waals surface area contributed by atoms with Crippen LogP contribution in [0.1, 0.15) is 11.6 Å². The van der Waals surface area contributed by atoms with E-state index in [0.29, 0.717) is 5.02 Å². The van der Waals surface area contributed by atoms with E-state index < -0.39 is 0 Å². The summed E-state index contributed by atoms with van der Waals surface area (Å²) in [5.41, 5.74) is 3.04. The number of piperazine rings is 1. The average Bonchev–Trinajstić information content (AvgIpc) is 2.77. The molecule has 1 saturated heterocycles. The van der Waals surface area contributed by atoms with Crippen molar-refractivity contribution in [3.05, 3.63) is 77.6 Å². The SMILES string of the molecule is OCC(c1ccc(Cl)cc1)N1CCN(c2cnc(-c3ccccc3)cn2)CC1. The van der Waals surface area contributed by atoms with Gasteiger partial charge >= 0.3 is 0 Å². The topological polar surface area (TPSA) is 52.5 Å². The zero-order chi connectivity index (χ0) is 19.3. The Balaban J connectivity index is 1.40. The van der Waals surface area contributed by atoms with Crippen LogP contribution in [-0.2, 0) is 0 Å². The molecule has 6 heteroatoms. The second kappa shape index (κ2) is 8.69. The van der Waals surface area contributed by atoms with Crippen molar-refractivity contribution in [1.82, 2.24) is 14.9 Å². The number of hydrogen-bond acceptors (Lipinski definition) is 5. The van der Waals surface area contributed by atoms with Crippen molar-refractivity contribution in [3.63, 3.8) is 0 Å². The molecule has 1 aliphatic rings. The molecule has 0 saturated carbocycles. The number of anilines is 1. The van der Waals surface area contributed by atoms with Crippen LogP contribution >= 0.6 is 11.6 Å². The van der Waals surface area contributed by atoms with Crippen LogP contribution < -0.4 is 4.90 Å². The van der Waals surface area contributed by atoms with E-state index >= 15 is 0 Å². The molecule has 1 unspecified atom stereocenters. The van der Waals surface area contributed by atoms with E-state index in [1.54, 1.807) is 0 Å². The number of nitrogens with zero attached hydrogens (tertiary/aromatic N) is 4. The summed E-state index contributed by atoms with van der Waals surface area (Å²) in [4.78, 5) is 13.8. The number of aromatic nitrogens is 2. The third-order valence-corrected chi connectivity index (χ3v) is 5.47. The van der Waals surface area contributed by atoms with Gasteiger partial charge < -0.3 is 10.0 Å². The molecule has 1 N–H and O–H groups in total. The first kappa shape index (κ1) is 18.9. The molecule has 0 spiro atoms. The smallest absolute Gasteiger partial charge is 0.147 e. The van der Waals surface area contributed by atoms with Gasteiger partial charge in [0.05, 0.1) is 30.7 Å². The lowest BCUT2D eigenvalue weighted by Crippen LogP contribution is -2.48. The number of halogens is 1. The fourth-order valence-electron chi connectivity index (χ4n) is 3.62. The van der Waals surface area contributed by atoms with Crippen molar-refractivity contribution in [2.75, 3.05) is 37.7 Å². The Labute approximate surface area is 170 Å². The van der Waals surface area contributed by atoms with Gasteiger partial charge in [-0.25, -0.2) is 4.98 Å². The van der Waals surface area contributed by atoms with Crippen LogP contribution in [0.4, 0.5) is 5.82 Å². The predicted molar refractivity (Wildman–Crippen MR) is 113 cm³/mol. The highest BCUT2D eigenvalue weighted by molar-refractivity contribution is 6.30. The summed E-state index contributed by atoms with van der Waals surface area (Å²) in [5.74, 6) is 0.895. The van der Waals surface area contributed by atoms with Gasteiger partial charge in [0, 0.05) is 36.8 Å². The van der Waals surface area contributed by atoms with E-state index in [-0.39, 0.29) is 12.6 Å². The minimum atomic E-state index is -0.00837. The van der Waals surface area contributed by atoms with Crippen LogP contribution in [0.3, 0.4) is 0 Å². The molecule has 1 fully saturated rings. The maximum atomic E-state index is 9.91. The molecule has 2 aromatic carbocycles. The molecular formula is C22H23ClN4O. The van der Waals surface area contributed by atoms with E-state index in [0.717, 1.165) is 48.8 Å². The van der Waals surface area contributed by atoms with Gasteiger partial charge in [-0.05, 0) is 17.7 Å². The summed E-state index contributed by atoms with van der Waals surface area (Å²) in [6.45, 7) is 3.51. The number of rotatable bonds is 5. The fourth-order valence-corrected chi connectivity index (χ4v) is 3.75. The molecule has 2 heterocycles. The quantitative estimate of drug-likeness (QED) is 0.715. The zero-order valence-corrected chi connectivity index (χ0v) is 16.3. The van der Waals surface area contributed by atoms with Crippen LogP contribution in [0.5, 0.6) is 0 Å². The van der Waals surface area contributed by atoms with Crippen molar-refractivity contribution < 1.29 is 5.11 Å². The van der Waals surface area contributed by atoms with Crippen molar-refractivity contribution in [2.24, 2.45) is 0 Å². The number of benzene rings is 2. The highest BCUT2D eigenvalue weighted by Gasteiger charge is 2.25. The van der Waals surface area contributed by atoms with Crippen LogP contribution in [0.2, 0.25) is 5.02 Å². The van der Waals surface area contributed by atoms with Crippen LogP contribution in [0.25, 0.3) is 11.3 Å². The van der Waals surface area contributed by atoms with Gasteiger partial charge in [0.15, 0.2) is 0 Å². The summed E-state index contributed by atoms with van der Waals surface area (Å²) in [5, 5.41) is 10.6. The van der Waals surface area contributed by atoms with Crippen molar-refractivity contribution in [3.8, 4) is 11.3 Å². The highest BCUT2D eigenvalue weighted by Crippen LogP contribution is 2.25. The van der Waals surface area contributed by atoms with Crippen LogP contribution in [-0.4, -0.2) is 52.8 Å². The molecule has 4 rings (SSSR count). The summed E-state index contributed by atoms with van der Waals surface area (Å²) in [7, 11) is 0. The lowest BCUT2D eigenvalue weighted by molar-refractivity contribution is 0.117. The standard InChI is InChI=1S/C22H23ClN4O/c23-19-8-6-18(7-9-19)21(16-28)26-10-12-27(13-11-26)22-15-24-20(14-25-22)17-4-2-1-3-5-17/h1-9,14-15,21,28H,10-13,16H2. The molecule has 3 aromatic rings. The van der Waals surface area contributed by atoms with Gasteiger partial charge in [-0.2, -0.15) is 0 Å². The number of aliphatic hydroxyl groups excluding tert-OH is 1. The maximum absolute atomic E-state index is 9.91. The summed E-state index contributed by atoms with van der Waals surface area (Å²) in [6, 6.07) is 17.8. The van der Waals surface area contributed by atoms with Crippen molar-refractivity contribution in [1.29, 1.82) is 0 Å². The molecule has 0 bridgehead atoms. The molecule has 28 heavy (non-hydrogen) atoms. The first-order valence-electron chi connectivity index (χ1n) is 9.47. The Kier molecular flexibility index (Phi) is 5.86. The first-order chi connectivity index (χ1) is 13.7. The molecule has 1 aliphatic heterocycles. The monoisotopic (exact) mass is 394 g/mol. The highest BCUT2D eigenvalue weighted by atomic mass is 35.5. The third kappa shape index (κ3) is 4.17. The van der Waals surface area contributed by atoms with E-state index in [2.05, 4.69) is 19.8 Å². The lowest BCUT2D eigenvalue weighted by atomic mass is 10.1. The van der Waals surface area contributed by atoms with Gasteiger partial charge in [-0.3, -0.25) is 9.88 Å². The first-order valence-corrected chi connectivity index (χ1v) is 9.85.